The molecule has 0 aliphatic rings. The number of nitrogens with zero attached hydrogens (tertiary/aromatic N) is 2. The van der Waals surface area contributed by atoms with Crippen molar-refractivity contribution in [3.05, 3.63) is 41.1 Å². The molecule has 0 aliphatic carbocycles. The molecule has 5 heteroatoms. The summed E-state index contributed by atoms with van der Waals surface area (Å²) in [6, 6.07) is 1.92. The summed E-state index contributed by atoms with van der Waals surface area (Å²) in [5.74, 6) is 0. The van der Waals surface area contributed by atoms with Crippen LogP contribution in [0.4, 0.5) is 0 Å². The lowest BCUT2D eigenvalue weighted by Crippen LogP contribution is -2.21. The van der Waals surface area contributed by atoms with Crippen molar-refractivity contribution in [2.75, 3.05) is 6.54 Å². The van der Waals surface area contributed by atoms with Gasteiger partial charge in [-0.25, -0.2) is 0 Å². The number of hydrogen-bond donors (Lipinski definition) is 1. The predicted molar refractivity (Wildman–Crippen MR) is 67.1 cm³/mol. The zero-order valence-electron chi connectivity index (χ0n) is 9.98. The molecule has 2 heterocycles. The normalized spacial score (nSPS) is 12.9. The van der Waals surface area contributed by atoms with Gasteiger partial charge in [0.15, 0.2) is 5.22 Å². The lowest BCUT2D eigenvalue weighted by atomic mass is 10.1. The molecule has 4 nitrogen and oxygen atoms in total. The zero-order valence-corrected chi connectivity index (χ0v) is 10.7. The molecule has 0 spiro atoms. The third kappa shape index (κ3) is 2.53. The van der Waals surface area contributed by atoms with E-state index in [9.17, 15) is 0 Å². The van der Waals surface area contributed by atoms with Gasteiger partial charge in [0, 0.05) is 23.9 Å². The molecule has 0 radical (unpaired) electrons. The summed E-state index contributed by atoms with van der Waals surface area (Å²) in [4.78, 5) is 0. The molecule has 2 aromatic rings. The van der Waals surface area contributed by atoms with Crippen molar-refractivity contribution >= 4 is 11.6 Å². The minimum Gasteiger partial charge on any atom is -0.453 e. The molecule has 0 saturated carbocycles. The van der Waals surface area contributed by atoms with Crippen LogP contribution in [-0.4, -0.2) is 16.3 Å². The van der Waals surface area contributed by atoms with E-state index >= 15 is 0 Å². The average Bonchev–Trinajstić information content (AvgIpc) is 2.95. The van der Waals surface area contributed by atoms with Gasteiger partial charge in [0.2, 0.25) is 0 Å². The van der Waals surface area contributed by atoms with Crippen molar-refractivity contribution in [2.45, 2.75) is 26.4 Å². The van der Waals surface area contributed by atoms with Gasteiger partial charge in [0.05, 0.1) is 18.5 Å². The molecule has 1 unspecified atom stereocenters. The molecule has 1 N–H and O–H groups in total. The van der Waals surface area contributed by atoms with Crippen molar-refractivity contribution < 1.29 is 4.42 Å². The van der Waals surface area contributed by atoms with Gasteiger partial charge in [-0.3, -0.25) is 4.68 Å². The van der Waals surface area contributed by atoms with Crippen molar-refractivity contribution in [2.24, 2.45) is 0 Å². The van der Waals surface area contributed by atoms with Crippen LogP contribution in [0.25, 0.3) is 0 Å². The summed E-state index contributed by atoms with van der Waals surface area (Å²) in [7, 11) is 0. The molecule has 0 amide bonds. The summed E-state index contributed by atoms with van der Waals surface area (Å²) >= 11 is 6.03. The number of nitrogens with one attached hydrogen (secondary N) is 1. The maximum absolute atomic E-state index is 6.03. The average molecular weight is 254 g/mol. The molecular formula is C12H16ClN3O. The van der Waals surface area contributed by atoms with Crippen LogP contribution in [-0.2, 0) is 6.54 Å². The second-order valence-electron chi connectivity index (χ2n) is 3.77. The van der Waals surface area contributed by atoms with Gasteiger partial charge in [0.25, 0.3) is 0 Å². The molecule has 0 bridgehead atoms. The minimum atomic E-state index is 0.0338. The Morgan fingerprint density at radius 3 is 2.88 bits per heavy atom. The van der Waals surface area contributed by atoms with E-state index in [2.05, 4.69) is 24.3 Å². The Hall–Kier alpha value is -1.26. The Kier molecular flexibility index (Phi) is 3.86. The third-order valence-corrected chi connectivity index (χ3v) is 2.98. The highest BCUT2D eigenvalue weighted by atomic mass is 35.5. The van der Waals surface area contributed by atoms with E-state index in [0.29, 0.717) is 5.22 Å². The van der Waals surface area contributed by atoms with Crippen molar-refractivity contribution in [3.8, 4) is 0 Å². The summed E-state index contributed by atoms with van der Waals surface area (Å²) < 4.78 is 7.04. The summed E-state index contributed by atoms with van der Waals surface area (Å²) in [6.45, 7) is 5.83. The van der Waals surface area contributed by atoms with Gasteiger partial charge >= 0.3 is 0 Å². The van der Waals surface area contributed by atoms with Crippen LogP contribution in [0.2, 0.25) is 5.22 Å². The van der Waals surface area contributed by atoms with Gasteiger partial charge in [-0.2, -0.15) is 5.10 Å². The van der Waals surface area contributed by atoms with Gasteiger partial charge < -0.3 is 9.73 Å². The first kappa shape index (κ1) is 12.2. The fourth-order valence-corrected chi connectivity index (χ4v) is 2.05. The first-order valence-corrected chi connectivity index (χ1v) is 6.12. The second-order valence-corrected chi connectivity index (χ2v) is 4.11. The fraction of sp³-hybridized carbons (Fsp3) is 0.417. The topological polar surface area (TPSA) is 43.0 Å². The Morgan fingerprint density at radius 1 is 1.53 bits per heavy atom. The SMILES string of the molecule is CCNC(c1cnn(CC)c1)c1ccoc1Cl. The summed E-state index contributed by atoms with van der Waals surface area (Å²) in [5.41, 5.74) is 2.04. The van der Waals surface area contributed by atoms with Crippen molar-refractivity contribution in [1.82, 2.24) is 15.1 Å². The number of hydrogen-bond acceptors (Lipinski definition) is 3. The molecule has 1 atom stereocenters. The highest BCUT2D eigenvalue weighted by Gasteiger charge is 2.19. The molecular weight excluding hydrogens is 238 g/mol. The smallest absolute Gasteiger partial charge is 0.198 e. The monoisotopic (exact) mass is 253 g/mol. The van der Waals surface area contributed by atoms with E-state index in [1.165, 1.54) is 0 Å². The van der Waals surface area contributed by atoms with Gasteiger partial charge in [-0.1, -0.05) is 6.92 Å². The number of halogens is 1. The maximum atomic E-state index is 6.03. The van der Waals surface area contributed by atoms with E-state index in [0.717, 1.165) is 24.2 Å². The Morgan fingerprint density at radius 2 is 2.35 bits per heavy atom. The summed E-state index contributed by atoms with van der Waals surface area (Å²) in [5, 5.41) is 8.09. The first-order chi connectivity index (χ1) is 8.26. The molecule has 0 aliphatic heterocycles. The second kappa shape index (κ2) is 5.38. The van der Waals surface area contributed by atoms with E-state index in [1.807, 2.05) is 23.1 Å². The highest BCUT2D eigenvalue weighted by Crippen LogP contribution is 2.28. The standard InChI is InChI=1S/C12H16ClN3O/c1-3-14-11(10-5-6-17-12(10)13)9-7-15-16(4-2)8-9/h5-8,11,14H,3-4H2,1-2H3. The van der Waals surface area contributed by atoms with Crippen LogP contribution in [0.5, 0.6) is 0 Å². The highest BCUT2D eigenvalue weighted by molar-refractivity contribution is 6.29. The zero-order chi connectivity index (χ0) is 12.3. The Bertz CT molecular complexity index is 478. The molecule has 2 aromatic heterocycles. The Balaban J connectivity index is 2.32. The lowest BCUT2D eigenvalue weighted by Gasteiger charge is -2.14. The number of furan rings is 1. The van der Waals surface area contributed by atoms with Gasteiger partial charge in [0.1, 0.15) is 0 Å². The van der Waals surface area contributed by atoms with Crippen molar-refractivity contribution in [1.29, 1.82) is 0 Å². The molecule has 2 rings (SSSR count). The van der Waals surface area contributed by atoms with E-state index < -0.39 is 0 Å². The third-order valence-electron chi connectivity index (χ3n) is 2.68. The molecule has 0 aromatic carbocycles. The molecule has 0 fully saturated rings. The number of aryl methyl sites for hydroxylation is 1. The van der Waals surface area contributed by atoms with Crippen LogP contribution in [0.1, 0.15) is 31.0 Å². The van der Waals surface area contributed by atoms with Crippen LogP contribution in [0.15, 0.2) is 29.1 Å². The molecule has 92 valence electrons. The van der Waals surface area contributed by atoms with Crippen LogP contribution in [0.3, 0.4) is 0 Å². The van der Waals surface area contributed by atoms with Gasteiger partial charge in [-0.15, -0.1) is 0 Å². The first-order valence-electron chi connectivity index (χ1n) is 5.74. The summed E-state index contributed by atoms with van der Waals surface area (Å²) in [6.07, 6.45) is 5.49. The van der Waals surface area contributed by atoms with E-state index in [1.54, 1.807) is 6.26 Å². The Labute approximate surface area is 106 Å². The molecule has 0 saturated heterocycles. The molecule has 17 heavy (non-hydrogen) atoms. The van der Waals surface area contributed by atoms with Crippen molar-refractivity contribution in [3.63, 3.8) is 0 Å². The predicted octanol–water partition coefficient (Wildman–Crippen LogP) is 2.85. The number of rotatable bonds is 5. The maximum Gasteiger partial charge on any atom is 0.198 e. The van der Waals surface area contributed by atoms with Gasteiger partial charge in [-0.05, 0) is 31.1 Å². The number of aromatic nitrogens is 2. The van der Waals surface area contributed by atoms with Crippen LogP contribution < -0.4 is 5.32 Å². The van der Waals surface area contributed by atoms with Crippen LogP contribution >= 0.6 is 11.6 Å². The van der Waals surface area contributed by atoms with Crippen LogP contribution in [0, 0.1) is 0 Å². The van der Waals surface area contributed by atoms with E-state index in [4.69, 9.17) is 16.0 Å². The fourth-order valence-electron chi connectivity index (χ4n) is 1.82. The quantitative estimate of drug-likeness (QED) is 0.891. The van der Waals surface area contributed by atoms with E-state index in [-0.39, 0.29) is 6.04 Å². The largest absolute Gasteiger partial charge is 0.453 e. The minimum absolute atomic E-state index is 0.0338. The lowest BCUT2D eigenvalue weighted by molar-refractivity contribution is 0.555.